The molecule has 0 aliphatic carbocycles. The molecule has 0 spiro atoms. The van der Waals surface area contributed by atoms with Crippen LogP contribution in [0, 0.1) is 0 Å². The topological polar surface area (TPSA) is 69.2 Å². The first-order chi connectivity index (χ1) is 8.69. The summed E-state index contributed by atoms with van der Waals surface area (Å²) < 4.78 is 10.9. The van der Waals surface area contributed by atoms with Gasteiger partial charge in [0.1, 0.15) is 0 Å². The highest BCUT2D eigenvalue weighted by atomic mass is 16.5. The average molecular weight is 254 g/mol. The molecule has 0 fully saturated rings. The molecule has 1 N–H and O–H groups in total. The van der Waals surface area contributed by atoms with Gasteiger partial charge in [-0.3, -0.25) is 0 Å². The first kappa shape index (κ1) is 14.5. The van der Waals surface area contributed by atoms with Crippen LogP contribution in [0.15, 0.2) is 0 Å². The standard InChI is InChI=1S/C12H22N4O2/c1-5-8-9(4)18-12-15-10(13-6-2)14-11(16-12)17-7-3/h9H,5-8H2,1-4H3,(H,13,14,15,16). The van der Waals surface area contributed by atoms with Crippen molar-refractivity contribution in [3.8, 4) is 12.0 Å². The molecule has 0 amide bonds. The molecule has 0 aliphatic heterocycles. The Morgan fingerprint density at radius 2 is 1.83 bits per heavy atom. The Hall–Kier alpha value is -1.59. The van der Waals surface area contributed by atoms with Crippen molar-refractivity contribution in [2.75, 3.05) is 18.5 Å². The molecular formula is C12H22N4O2. The molecule has 6 heteroatoms. The summed E-state index contributed by atoms with van der Waals surface area (Å²) in [6, 6.07) is 0.604. The largest absolute Gasteiger partial charge is 0.464 e. The number of ether oxygens (including phenoxy) is 2. The third-order valence-electron chi connectivity index (χ3n) is 2.20. The molecule has 0 saturated heterocycles. The second-order valence-corrected chi connectivity index (χ2v) is 3.90. The van der Waals surface area contributed by atoms with Crippen LogP contribution in [0.3, 0.4) is 0 Å². The number of hydrogen-bond acceptors (Lipinski definition) is 6. The van der Waals surface area contributed by atoms with Crippen LogP contribution in [-0.2, 0) is 0 Å². The maximum absolute atomic E-state index is 5.65. The number of nitrogens with zero attached hydrogens (tertiary/aromatic N) is 3. The molecule has 0 saturated carbocycles. The van der Waals surface area contributed by atoms with Crippen molar-refractivity contribution in [2.24, 2.45) is 0 Å². The Morgan fingerprint density at radius 1 is 1.11 bits per heavy atom. The number of hydrogen-bond donors (Lipinski definition) is 1. The molecule has 1 atom stereocenters. The molecule has 1 unspecified atom stereocenters. The van der Waals surface area contributed by atoms with Crippen molar-refractivity contribution in [2.45, 2.75) is 46.6 Å². The second kappa shape index (κ2) is 7.68. The number of rotatable bonds is 8. The van der Waals surface area contributed by atoms with Gasteiger partial charge < -0.3 is 14.8 Å². The highest BCUT2D eigenvalue weighted by Gasteiger charge is 2.10. The molecule has 1 aromatic heterocycles. The smallest absolute Gasteiger partial charge is 0.324 e. The maximum Gasteiger partial charge on any atom is 0.324 e. The van der Waals surface area contributed by atoms with Crippen LogP contribution in [0.5, 0.6) is 12.0 Å². The van der Waals surface area contributed by atoms with E-state index in [0.29, 0.717) is 24.6 Å². The fraction of sp³-hybridized carbons (Fsp3) is 0.750. The molecule has 1 heterocycles. The van der Waals surface area contributed by atoms with Crippen LogP contribution in [0.4, 0.5) is 5.95 Å². The normalized spacial score (nSPS) is 12.0. The van der Waals surface area contributed by atoms with Gasteiger partial charge in [-0.05, 0) is 27.2 Å². The van der Waals surface area contributed by atoms with Gasteiger partial charge in [-0.2, -0.15) is 9.97 Å². The van der Waals surface area contributed by atoms with Crippen molar-refractivity contribution in [1.29, 1.82) is 0 Å². The minimum absolute atomic E-state index is 0.0846. The maximum atomic E-state index is 5.65. The van der Waals surface area contributed by atoms with E-state index in [1.807, 2.05) is 20.8 Å². The predicted molar refractivity (Wildman–Crippen MR) is 70.2 cm³/mol. The molecule has 0 radical (unpaired) electrons. The highest BCUT2D eigenvalue weighted by Crippen LogP contribution is 2.15. The molecule has 0 bridgehead atoms. The predicted octanol–water partition coefficient (Wildman–Crippen LogP) is 2.27. The van der Waals surface area contributed by atoms with Crippen LogP contribution in [0.1, 0.15) is 40.5 Å². The van der Waals surface area contributed by atoms with Gasteiger partial charge in [0, 0.05) is 6.54 Å². The summed E-state index contributed by atoms with van der Waals surface area (Å²) in [6.45, 7) is 9.23. The van der Waals surface area contributed by atoms with E-state index in [1.54, 1.807) is 0 Å². The van der Waals surface area contributed by atoms with Crippen LogP contribution >= 0.6 is 0 Å². The molecule has 0 aromatic carbocycles. The average Bonchev–Trinajstić information content (AvgIpc) is 2.29. The number of nitrogens with one attached hydrogen (secondary N) is 1. The van der Waals surface area contributed by atoms with E-state index in [-0.39, 0.29) is 6.10 Å². The van der Waals surface area contributed by atoms with Crippen molar-refractivity contribution >= 4 is 5.95 Å². The monoisotopic (exact) mass is 254 g/mol. The number of aromatic nitrogens is 3. The Bertz CT molecular complexity index is 336. The summed E-state index contributed by atoms with van der Waals surface area (Å²) in [5.74, 6) is 0.481. The zero-order valence-electron chi connectivity index (χ0n) is 11.6. The summed E-state index contributed by atoms with van der Waals surface area (Å²) >= 11 is 0. The second-order valence-electron chi connectivity index (χ2n) is 3.90. The van der Waals surface area contributed by atoms with E-state index in [0.717, 1.165) is 19.4 Å². The molecular weight excluding hydrogens is 232 g/mol. The van der Waals surface area contributed by atoms with Crippen LogP contribution in [-0.4, -0.2) is 34.2 Å². The third kappa shape index (κ3) is 4.73. The van der Waals surface area contributed by atoms with Crippen LogP contribution in [0.2, 0.25) is 0 Å². The van der Waals surface area contributed by atoms with Gasteiger partial charge in [-0.15, -0.1) is 4.98 Å². The van der Waals surface area contributed by atoms with Gasteiger partial charge in [-0.1, -0.05) is 13.3 Å². The van der Waals surface area contributed by atoms with E-state index >= 15 is 0 Å². The highest BCUT2D eigenvalue weighted by molar-refractivity contribution is 5.27. The molecule has 1 rings (SSSR count). The fourth-order valence-electron chi connectivity index (χ4n) is 1.47. The zero-order valence-corrected chi connectivity index (χ0v) is 11.6. The van der Waals surface area contributed by atoms with Gasteiger partial charge in [0.15, 0.2) is 0 Å². The SMILES string of the molecule is CCCC(C)Oc1nc(NCC)nc(OCC)n1. The van der Waals surface area contributed by atoms with Gasteiger partial charge >= 0.3 is 12.0 Å². The van der Waals surface area contributed by atoms with Crippen LogP contribution < -0.4 is 14.8 Å². The van der Waals surface area contributed by atoms with Gasteiger partial charge in [-0.25, -0.2) is 0 Å². The van der Waals surface area contributed by atoms with E-state index in [2.05, 4.69) is 27.2 Å². The quantitative estimate of drug-likeness (QED) is 0.767. The number of anilines is 1. The van der Waals surface area contributed by atoms with Gasteiger partial charge in [0.05, 0.1) is 12.7 Å². The summed E-state index contributed by atoms with van der Waals surface area (Å²) in [4.78, 5) is 12.4. The molecule has 18 heavy (non-hydrogen) atoms. The first-order valence-corrected chi connectivity index (χ1v) is 6.48. The van der Waals surface area contributed by atoms with Crippen LogP contribution in [0.25, 0.3) is 0 Å². The zero-order chi connectivity index (χ0) is 13.4. The van der Waals surface area contributed by atoms with Crippen molar-refractivity contribution in [3.05, 3.63) is 0 Å². The first-order valence-electron chi connectivity index (χ1n) is 6.48. The Labute approximate surface area is 108 Å². The third-order valence-corrected chi connectivity index (χ3v) is 2.20. The summed E-state index contributed by atoms with van der Waals surface area (Å²) in [5, 5.41) is 3.03. The minimum Gasteiger partial charge on any atom is -0.464 e. The summed E-state index contributed by atoms with van der Waals surface area (Å²) in [7, 11) is 0. The van der Waals surface area contributed by atoms with E-state index < -0.39 is 0 Å². The minimum atomic E-state index is 0.0846. The Morgan fingerprint density at radius 3 is 2.44 bits per heavy atom. The van der Waals surface area contributed by atoms with Gasteiger partial charge in [0.2, 0.25) is 5.95 Å². The van der Waals surface area contributed by atoms with E-state index in [4.69, 9.17) is 9.47 Å². The van der Waals surface area contributed by atoms with E-state index in [1.165, 1.54) is 0 Å². The van der Waals surface area contributed by atoms with E-state index in [9.17, 15) is 0 Å². The molecule has 1 aromatic rings. The summed E-state index contributed by atoms with van der Waals surface area (Å²) in [6.07, 6.45) is 2.11. The molecule has 102 valence electrons. The lowest BCUT2D eigenvalue weighted by molar-refractivity contribution is 0.187. The lowest BCUT2D eigenvalue weighted by Crippen LogP contribution is -2.15. The van der Waals surface area contributed by atoms with Crippen molar-refractivity contribution in [1.82, 2.24) is 15.0 Å². The van der Waals surface area contributed by atoms with Crippen molar-refractivity contribution in [3.63, 3.8) is 0 Å². The lowest BCUT2D eigenvalue weighted by atomic mass is 10.2. The summed E-state index contributed by atoms with van der Waals surface area (Å²) in [5.41, 5.74) is 0. The fourth-order valence-corrected chi connectivity index (χ4v) is 1.47. The Kier molecular flexibility index (Phi) is 6.18. The van der Waals surface area contributed by atoms with Gasteiger partial charge in [0.25, 0.3) is 0 Å². The Balaban J connectivity index is 2.81. The molecule has 6 nitrogen and oxygen atoms in total. The lowest BCUT2D eigenvalue weighted by Gasteiger charge is -2.13. The van der Waals surface area contributed by atoms with Crippen molar-refractivity contribution < 1.29 is 9.47 Å². The molecule has 0 aliphatic rings.